The number of halogens is 1. The number of benzene rings is 1. The molecular weight excluding hydrogens is 384 g/mol. The minimum atomic E-state index is -1.05. The number of nitrogens with zero attached hydrogens (tertiary/aromatic N) is 1. The maximum atomic E-state index is 12.5. The molecule has 1 N–H and O–H groups in total. The lowest BCUT2D eigenvalue weighted by Crippen LogP contribution is -2.45. The summed E-state index contributed by atoms with van der Waals surface area (Å²) in [6, 6.07) is 3.96. The summed E-state index contributed by atoms with van der Waals surface area (Å²) < 4.78 is 5.04. The maximum absolute atomic E-state index is 12.5. The molecule has 2 aliphatic rings. The van der Waals surface area contributed by atoms with Crippen molar-refractivity contribution in [1.29, 1.82) is 0 Å². The Labute approximate surface area is 168 Å². The number of rotatable bonds is 5. The number of carbonyl (C=O) groups is 4. The number of imide groups is 1. The Bertz CT molecular complexity index is 801. The van der Waals surface area contributed by atoms with Gasteiger partial charge in [0.1, 0.15) is 6.04 Å². The first-order valence-electron chi connectivity index (χ1n) is 9.39. The van der Waals surface area contributed by atoms with Gasteiger partial charge in [-0.1, -0.05) is 24.4 Å². The number of amides is 3. The Kier molecular flexibility index (Phi) is 6.03. The van der Waals surface area contributed by atoms with Gasteiger partial charge in [0, 0.05) is 10.7 Å². The van der Waals surface area contributed by atoms with E-state index in [4.69, 9.17) is 16.3 Å². The van der Waals surface area contributed by atoms with Gasteiger partial charge in [-0.2, -0.15) is 0 Å². The fraction of sp³-hybridized carbons (Fsp3) is 0.500. The van der Waals surface area contributed by atoms with Crippen molar-refractivity contribution >= 4 is 41.0 Å². The predicted octanol–water partition coefficient (Wildman–Crippen LogP) is 2.69. The summed E-state index contributed by atoms with van der Waals surface area (Å²) in [5.41, 5.74) is 1.34. The molecule has 8 heteroatoms. The van der Waals surface area contributed by atoms with E-state index in [-0.39, 0.29) is 23.7 Å². The molecule has 150 valence electrons. The highest BCUT2D eigenvalue weighted by Gasteiger charge is 2.51. The van der Waals surface area contributed by atoms with Crippen molar-refractivity contribution < 1.29 is 23.9 Å². The molecule has 1 aliphatic carbocycles. The van der Waals surface area contributed by atoms with E-state index in [0.29, 0.717) is 23.6 Å². The van der Waals surface area contributed by atoms with E-state index in [0.717, 1.165) is 23.3 Å². The molecule has 3 atom stereocenters. The van der Waals surface area contributed by atoms with E-state index >= 15 is 0 Å². The third-order valence-corrected chi connectivity index (χ3v) is 5.65. The van der Waals surface area contributed by atoms with Crippen LogP contribution in [0.3, 0.4) is 0 Å². The standard InChI is InChI=1S/C20H23ClN2O5/c1-11-9-13(21)7-8-16(11)22-17(24)10-28-20(27)12(2)23-18(25)14-5-3-4-6-15(14)19(23)26/h7-9,12,14-15H,3-6,10H2,1-2H3,(H,22,24)/t12-,14+,15+/m0/s1. The summed E-state index contributed by atoms with van der Waals surface area (Å²) in [7, 11) is 0. The van der Waals surface area contributed by atoms with E-state index in [1.165, 1.54) is 6.92 Å². The first kappa shape index (κ1) is 20.3. The van der Waals surface area contributed by atoms with Gasteiger partial charge < -0.3 is 10.1 Å². The van der Waals surface area contributed by atoms with Crippen molar-refractivity contribution in [3.8, 4) is 0 Å². The predicted molar refractivity (Wildman–Crippen MR) is 103 cm³/mol. The van der Waals surface area contributed by atoms with Crippen molar-refractivity contribution in [1.82, 2.24) is 4.90 Å². The van der Waals surface area contributed by atoms with Gasteiger partial charge >= 0.3 is 5.97 Å². The number of fused-ring (bicyclic) bond motifs is 1. The molecule has 1 aliphatic heterocycles. The summed E-state index contributed by atoms with van der Waals surface area (Å²) in [5, 5.41) is 3.19. The van der Waals surface area contributed by atoms with Crippen molar-refractivity contribution in [3.63, 3.8) is 0 Å². The van der Waals surface area contributed by atoms with Gasteiger partial charge in [-0.25, -0.2) is 4.79 Å². The lowest BCUT2D eigenvalue weighted by molar-refractivity contribution is -0.159. The molecule has 1 saturated heterocycles. The van der Waals surface area contributed by atoms with Crippen LogP contribution in [0, 0.1) is 18.8 Å². The number of likely N-dealkylation sites (tertiary alicyclic amines) is 1. The molecular formula is C20H23ClN2O5. The smallest absolute Gasteiger partial charge is 0.329 e. The maximum Gasteiger partial charge on any atom is 0.329 e. The second-order valence-electron chi connectivity index (χ2n) is 7.34. The zero-order valence-corrected chi connectivity index (χ0v) is 16.6. The summed E-state index contributed by atoms with van der Waals surface area (Å²) >= 11 is 5.88. The molecule has 3 amide bonds. The van der Waals surface area contributed by atoms with Crippen LogP contribution >= 0.6 is 11.6 Å². The van der Waals surface area contributed by atoms with Crippen LogP contribution in [0.1, 0.15) is 38.2 Å². The second-order valence-corrected chi connectivity index (χ2v) is 7.77. The lowest BCUT2D eigenvalue weighted by atomic mass is 9.81. The number of ether oxygens (including phenoxy) is 1. The molecule has 0 radical (unpaired) electrons. The largest absolute Gasteiger partial charge is 0.454 e. The third-order valence-electron chi connectivity index (χ3n) is 5.41. The van der Waals surface area contributed by atoms with E-state index in [9.17, 15) is 19.2 Å². The molecule has 1 aromatic rings. The highest BCUT2D eigenvalue weighted by molar-refractivity contribution is 6.30. The molecule has 0 aromatic heterocycles. The number of esters is 1. The van der Waals surface area contributed by atoms with Gasteiger partial charge in [-0.3, -0.25) is 19.3 Å². The Morgan fingerprint density at radius 1 is 1.21 bits per heavy atom. The molecule has 7 nitrogen and oxygen atoms in total. The average Bonchev–Trinajstić information content (AvgIpc) is 2.92. The topological polar surface area (TPSA) is 92.8 Å². The van der Waals surface area contributed by atoms with Gasteiger partial charge in [0.05, 0.1) is 11.8 Å². The Morgan fingerprint density at radius 2 is 1.82 bits per heavy atom. The van der Waals surface area contributed by atoms with Crippen LogP contribution in [-0.2, 0) is 23.9 Å². The second kappa shape index (κ2) is 8.31. The molecule has 0 unspecified atom stereocenters. The van der Waals surface area contributed by atoms with Crippen LogP contribution in [-0.4, -0.2) is 41.2 Å². The van der Waals surface area contributed by atoms with Crippen molar-refractivity contribution in [2.45, 2.75) is 45.6 Å². The van der Waals surface area contributed by atoms with Gasteiger partial charge in [-0.15, -0.1) is 0 Å². The molecule has 1 heterocycles. The summed E-state index contributed by atoms with van der Waals surface area (Å²) in [6.07, 6.45) is 3.18. The molecule has 1 saturated carbocycles. The molecule has 3 rings (SSSR count). The van der Waals surface area contributed by atoms with E-state index in [1.807, 2.05) is 0 Å². The number of nitrogens with one attached hydrogen (secondary N) is 1. The number of carbonyl (C=O) groups excluding carboxylic acids is 4. The van der Waals surface area contributed by atoms with Crippen molar-refractivity contribution in [3.05, 3.63) is 28.8 Å². The normalized spacial score (nSPS) is 22.6. The monoisotopic (exact) mass is 406 g/mol. The van der Waals surface area contributed by atoms with Crippen molar-refractivity contribution in [2.24, 2.45) is 11.8 Å². The summed E-state index contributed by atoms with van der Waals surface area (Å²) in [5.74, 6) is -2.55. The van der Waals surface area contributed by atoms with E-state index in [2.05, 4.69) is 5.32 Å². The average molecular weight is 407 g/mol. The molecule has 28 heavy (non-hydrogen) atoms. The zero-order valence-electron chi connectivity index (χ0n) is 15.9. The van der Waals surface area contributed by atoms with Crippen LogP contribution in [0.2, 0.25) is 5.02 Å². The first-order chi connectivity index (χ1) is 13.3. The number of anilines is 1. The quantitative estimate of drug-likeness (QED) is 0.599. The number of aryl methyl sites for hydroxylation is 1. The summed E-state index contributed by atoms with van der Waals surface area (Å²) in [4.78, 5) is 50.5. The molecule has 0 spiro atoms. The number of hydrogen-bond acceptors (Lipinski definition) is 5. The fourth-order valence-electron chi connectivity index (χ4n) is 3.89. The van der Waals surface area contributed by atoms with Gasteiger partial charge in [0.25, 0.3) is 5.91 Å². The minimum Gasteiger partial charge on any atom is -0.454 e. The number of hydrogen-bond donors (Lipinski definition) is 1. The van der Waals surface area contributed by atoms with Crippen LogP contribution in [0.5, 0.6) is 0 Å². The first-order valence-corrected chi connectivity index (χ1v) is 9.77. The van der Waals surface area contributed by atoms with E-state index in [1.54, 1.807) is 25.1 Å². The van der Waals surface area contributed by atoms with Crippen LogP contribution in [0.25, 0.3) is 0 Å². The SMILES string of the molecule is Cc1cc(Cl)ccc1NC(=O)COC(=O)[C@H](C)N1C(=O)[C@@H]2CCCC[C@H]2C1=O. The molecule has 1 aromatic carbocycles. The van der Waals surface area contributed by atoms with Gasteiger partial charge in [0.2, 0.25) is 11.8 Å². The highest BCUT2D eigenvalue weighted by atomic mass is 35.5. The minimum absolute atomic E-state index is 0.305. The van der Waals surface area contributed by atoms with Crippen LogP contribution in [0.4, 0.5) is 5.69 Å². The van der Waals surface area contributed by atoms with Crippen LogP contribution in [0.15, 0.2) is 18.2 Å². The Balaban J connectivity index is 1.56. The lowest BCUT2D eigenvalue weighted by Gasteiger charge is -2.21. The third kappa shape index (κ3) is 4.04. The fourth-order valence-corrected chi connectivity index (χ4v) is 4.11. The van der Waals surface area contributed by atoms with E-state index < -0.39 is 24.5 Å². The summed E-state index contributed by atoms with van der Waals surface area (Å²) in [6.45, 7) is 2.74. The molecule has 2 fully saturated rings. The van der Waals surface area contributed by atoms with Gasteiger partial charge in [0.15, 0.2) is 6.61 Å². The van der Waals surface area contributed by atoms with Crippen molar-refractivity contribution in [2.75, 3.05) is 11.9 Å². The van der Waals surface area contributed by atoms with Crippen LogP contribution < -0.4 is 5.32 Å². The zero-order chi connectivity index (χ0) is 20.4. The Morgan fingerprint density at radius 3 is 2.39 bits per heavy atom. The molecule has 0 bridgehead atoms. The Hall–Kier alpha value is -2.41. The highest BCUT2D eigenvalue weighted by Crippen LogP contribution is 2.38. The van der Waals surface area contributed by atoms with Gasteiger partial charge in [-0.05, 0) is 50.5 Å².